The smallest absolute Gasteiger partial charge is 0.223 e. The molecule has 4 nitrogen and oxygen atoms in total. The van der Waals surface area contributed by atoms with Crippen molar-refractivity contribution in [2.45, 2.75) is 71.9 Å². The lowest BCUT2D eigenvalue weighted by Crippen LogP contribution is -2.36. The Morgan fingerprint density at radius 1 is 1.32 bits per heavy atom. The van der Waals surface area contributed by atoms with E-state index in [0.717, 1.165) is 13.0 Å². The highest BCUT2D eigenvalue weighted by Gasteiger charge is 2.53. The first-order chi connectivity index (χ1) is 10.3. The molecular weight excluding hydrogens is 276 g/mol. The number of amides is 2. The zero-order valence-electron chi connectivity index (χ0n) is 14.4. The summed E-state index contributed by atoms with van der Waals surface area (Å²) in [5, 5.41) is 3.13. The molecule has 1 saturated heterocycles. The number of hydrogen-bond donors (Lipinski definition) is 1. The molecule has 0 aromatic carbocycles. The summed E-state index contributed by atoms with van der Waals surface area (Å²) < 4.78 is 0. The monoisotopic (exact) mass is 306 g/mol. The van der Waals surface area contributed by atoms with E-state index in [1.807, 2.05) is 0 Å². The zero-order chi connectivity index (χ0) is 16.1. The summed E-state index contributed by atoms with van der Waals surface area (Å²) in [5.74, 6) is 2.01. The third kappa shape index (κ3) is 3.16. The van der Waals surface area contributed by atoms with Gasteiger partial charge in [0.2, 0.25) is 11.8 Å². The van der Waals surface area contributed by atoms with Gasteiger partial charge in [-0.25, -0.2) is 0 Å². The highest BCUT2D eigenvalue weighted by molar-refractivity contribution is 5.80. The Labute approximate surface area is 134 Å². The minimum absolute atomic E-state index is 0.0278. The Kier molecular flexibility index (Phi) is 3.98. The standard InChI is InChI=1S/C18H30N2O2/c1-11-7-15-13(8-17(22)20(15)12-5-6-12)14(11)10-19-16(21)9-18(2,3)4/h11-15H,5-10H2,1-4H3,(H,19,21)/t11-,13-,14+,15+/m0/s1. The molecule has 2 amide bonds. The summed E-state index contributed by atoms with van der Waals surface area (Å²) in [7, 11) is 0. The van der Waals surface area contributed by atoms with Crippen LogP contribution in [-0.2, 0) is 9.59 Å². The van der Waals surface area contributed by atoms with Crippen molar-refractivity contribution in [2.75, 3.05) is 6.54 Å². The Hall–Kier alpha value is -1.06. The van der Waals surface area contributed by atoms with Gasteiger partial charge in [-0.2, -0.15) is 0 Å². The second-order valence-electron chi connectivity index (χ2n) is 8.89. The average Bonchev–Trinajstić information content (AvgIpc) is 3.08. The summed E-state index contributed by atoms with van der Waals surface area (Å²) in [6, 6.07) is 0.975. The molecule has 1 heterocycles. The number of carbonyl (C=O) groups excluding carboxylic acids is 2. The van der Waals surface area contributed by atoms with Crippen molar-refractivity contribution >= 4 is 11.8 Å². The number of likely N-dealkylation sites (tertiary alicyclic amines) is 1. The van der Waals surface area contributed by atoms with Crippen LogP contribution in [0.15, 0.2) is 0 Å². The van der Waals surface area contributed by atoms with E-state index in [-0.39, 0.29) is 11.3 Å². The van der Waals surface area contributed by atoms with Crippen LogP contribution in [0.25, 0.3) is 0 Å². The second kappa shape index (κ2) is 5.54. The largest absolute Gasteiger partial charge is 0.356 e. The quantitative estimate of drug-likeness (QED) is 0.868. The van der Waals surface area contributed by atoms with Crippen LogP contribution in [0.4, 0.5) is 0 Å². The molecule has 3 fully saturated rings. The van der Waals surface area contributed by atoms with Crippen LogP contribution in [0.5, 0.6) is 0 Å². The van der Waals surface area contributed by atoms with Crippen molar-refractivity contribution in [2.24, 2.45) is 23.2 Å². The van der Waals surface area contributed by atoms with Gasteiger partial charge in [0.05, 0.1) is 0 Å². The van der Waals surface area contributed by atoms with Crippen LogP contribution >= 0.6 is 0 Å². The van der Waals surface area contributed by atoms with E-state index in [0.29, 0.717) is 48.6 Å². The summed E-state index contributed by atoms with van der Waals surface area (Å²) in [6.07, 6.45) is 4.76. The van der Waals surface area contributed by atoms with Crippen molar-refractivity contribution in [3.8, 4) is 0 Å². The van der Waals surface area contributed by atoms with Gasteiger partial charge in [0.1, 0.15) is 0 Å². The molecule has 0 aromatic rings. The number of nitrogens with zero attached hydrogens (tertiary/aromatic N) is 1. The minimum atomic E-state index is 0.0278. The lowest BCUT2D eigenvalue weighted by molar-refractivity contribution is -0.129. The van der Waals surface area contributed by atoms with Crippen LogP contribution in [0.1, 0.15) is 59.8 Å². The van der Waals surface area contributed by atoms with Crippen LogP contribution in [0.2, 0.25) is 0 Å². The number of hydrogen-bond acceptors (Lipinski definition) is 2. The molecule has 4 heteroatoms. The first-order valence-corrected chi connectivity index (χ1v) is 8.84. The van der Waals surface area contributed by atoms with Gasteiger partial charge >= 0.3 is 0 Å². The predicted molar refractivity (Wildman–Crippen MR) is 86.1 cm³/mol. The van der Waals surface area contributed by atoms with Gasteiger partial charge in [0, 0.05) is 31.5 Å². The van der Waals surface area contributed by atoms with Crippen molar-refractivity contribution in [3.05, 3.63) is 0 Å². The Morgan fingerprint density at radius 3 is 2.59 bits per heavy atom. The third-order valence-corrected chi connectivity index (χ3v) is 5.61. The highest BCUT2D eigenvalue weighted by Crippen LogP contribution is 2.49. The number of nitrogens with one attached hydrogen (secondary N) is 1. The second-order valence-corrected chi connectivity index (χ2v) is 8.89. The summed E-state index contributed by atoms with van der Waals surface area (Å²) in [5.41, 5.74) is 0.0278. The number of fused-ring (bicyclic) bond motifs is 1. The van der Waals surface area contributed by atoms with E-state index >= 15 is 0 Å². The van der Waals surface area contributed by atoms with Crippen molar-refractivity contribution < 1.29 is 9.59 Å². The van der Waals surface area contributed by atoms with Gasteiger partial charge in [-0.1, -0.05) is 27.7 Å². The van der Waals surface area contributed by atoms with E-state index in [4.69, 9.17) is 0 Å². The van der Waals surface area contributed by atoms with Crippen molar-refractivity contribution in [1.82, 2.24) is 10.2 Å². The van der Waals surface area contributed by atoms with Crippen molar-refractivity contribution in [1.29, 1.82) is 0 Å². The minimum Gasteiger partial charge on any atom is -0.356 e. The molecule has 0 spiro atoms. The first kappa shape index (κ1) is 15.8. The van der Waals surface area contributed by atoms with Gasteiger partial charge in [0.15, 0.2) is 0 Å². The molecule has 2 saturated carbocycles. The highest BCUT2D eigenvalue weighted by atomic mass is 16.2. The molecule has 0 radical (unpaired) electrons. The molecule has 3 rings (SSSR count). The Bertz CT molecular complexity index is 464. The SMILES string of the molecule is C[C@H]1C[C@@H]2[C@@H](CC(=O)N2C2CC2)[C@@H]1CNC(=O)CC(C)(C)C. The number of rotatable bonds is 4. The molecule has 1 N–H and O–H groups in total. The maximum atomic E-state index is 12.3. The molecular formula is C18H30N2O2. The molecule has 0 unspecified atom stereocenters. The number of carbonyl (C=O) groups is 2. The lowest BCUT2D eigenvalue weighted by atomic mass is 9.88. The van der Waals surface area contributed by atoms with Gasteiger partial charge in [-0.3, -0.25) is 9.59 Å². The lowest BCUT2D eigenvalue weighted by Gasteiger charge is -2.24. The molecule has 1 aliphatic heterocycles. The van der Waals surface area contributed by atoms with Crippen LogP contribution < -0.4 is 5.32 Å². The topological polar surface area (TPSA) is 49.4 Å². The van der Waals surface area contributed by atoms with E-state index < -0.39 is 0 Å². The maximum Gasteiger partial charge on any atom is 0.223 e. The fourth-order valence-electron chi connectivity index (χ4n) is 4.49. The van der Waals surface area contributed by atoms with Crippen LogP contribution in [0, 0.1) is 23.2 Å². The Morgan fingerprint density at radius 2 is 2.00 bits per heavy atom. The molecule has 3 aliphatic rings. The van der Waals surface area contributed by atoms with E-state index in [2.05, 4.69) is 37.9 Å². The van der Waals surface area contributed by atoms with Gasteiger partial charge in [0.25, 0.3) is 0 Å². The summed E-state index contributed by atoms with van der Waals surface area (Å²) in [6.45, 7) is 9.29. The van der Waals surface area contributed by atoms with E-state index in [1.54, 1.807) is 0 Å². The van der Waals surface area contributed by atoms with Crippen LogP contribution in [-0.4, -0.2) is 35.3 Å². The van der Waals surface area contributed by atoms with E-state index in [9.17, 15) is 9.59 Å². The molecule has 22 heavy (non-hydrogen) atoms. The first-order valence-electron chi connectivity index (χ1n) is 8.84. The Balaban J connectivity index is 1.58. The van der Waals surface area contributed by atoms with Gasteiger partial charge in [-0.05, 0) is 42.4 Å². The summed E-state index contributed by atoms with van der Waals surface area (Å²) >= 11 is 0. The normalized spacial score (nSPS) is 34.9. The van der Waals surface area contributed by atoms with Crippen LogP contribution in [0.3, 0.4) is 0 Å². The molecule has 0 aromatic heterocycles. The zero-order valence-corrected chi connectivity index (χ0v) is 14.4. The van der Waals surface area contributed by atoms with E-state index in [1.165, 1.54) is 12.8 Å². The summed E-state index contributed by atoms with van der Waals surface area (Å²) in [4.78, 5) is 26.6. The molecule has 124 valence electrons. The molecule has 4 atom stereocenters. The van der Waals surface area contributed by atoms with Gasteiger partial charge in [-0.15, -0.1) is 0 Å². The van der Waals surface area contributed by atoms with Gasteiger partial charge < -0.3 is 10.2 Å². The maximum absolute atomic E-state index is 12.3. The third-order valence-electron chi connectivity index (χ3n) is 5.61. The average molecular weight is 306 g/mol. The van der Waals surface area contributed by atoms with Crippen molar-refractivity contribution in [3.63, 3.8) is 0 Å². The fourth-order valence-corrected chi connectivity index (χ4v) is 4.49. The molecule has 2 aliphatic carbocycles. The predicted octanol–water partition coefficient (Wildman–Crippen LogP) is 2.57. The fraction of sp³-hybridized carbons (Fsp3) is 0.889. The molecule has 0 bridgehead atoms.